The van der Waals surface area contributed by atoms with E-state index in [1.54, 1.807) is 6.07 Å². The summed E-state index contributed by atoms with van der Waals surface area (Å²) < 4.78 is 5.50. The van der Waals surface area contributed by atoms with E-state index in [2.05, 4.69) is 5.32 Å². The van der Waals surface area contributed by atoms with Crippen LogP contribution in [0, 0.1) is 12.8 Å². The number of hydrogen-bond donors (Lipinski definition) is 2. The minimum atomic E-state index is -0.0861. The van der Waals surface area contributed by atoms with E-state index in [1.165, 1.54) is 12.8 Å². The number of carbonyl (C=O) groups is 1. The molecule has 0 aromatic heterocycles. The minimum absolute atomic E-state index is 0. The quantitative estimate of drug-likeness (QED) is 0.847. The molecular weight excluding hydrogens is 276 g/mol. The molecular formula is C15H23ClN2O2. The van der Waals surface area contributed by atoms with Gasteiger partial charge in [0, 0.05) is 18.2 Å². The Bertz CT molecular complexity index is 461. The second-order valence-electron chi connectivity index (χ2n) is 5.12. The Morgan fingerprint density at radius 3 is 2.80 bits per heavy atom. The number of amides is 1. The molecule has 0 heterocycles. The SMILES string of the molecule is CCOc1cc(C(=O)NCC(N)C2CC2)ccc1C.Cl. The first kappa shape index (κ1) is 16.8. The van der Waals surface area contributed by atoms with Gasteiger partial charge in [-0.1, -0.05) is 6.07 Å². The van der Waals surface area contributed by atoms with Crippen molar-refractivity contribution in [3.05, 3.63) is 29.3 Å². The molecule has 5 heteroatoms. The van der Waals surface area contributed by atoms with Crippen molar-refractivity contribution in [1.29, 1.82) is 0 Å². The standard InChI is InChI=1S/C15H22N2O2.ClH/c1-3-19-14-8-12(5-4-10(14)2)15(18)17-9-13(16)11-6-7-11;/h4-5,8,11,13H,3,6-7,9,16H2,1-2H3,(H,17,18);1H. The van der Waals surface area contributed by atoms with Crippen molar-refractivity contribution in [2.24, 2.45) is 11.7 Å². The van der Waals surface area contributed by atoms with Gasteiger partial charge < -0.3 is 15.8 Å². The third-order valence-corrected chi connectivity index (χ3v) is 3.48. The van der Waals surface area contributed by atoms with Gasteiger partial charge in [0.2, 0.25) is 0 Å². The van der Waals surface area contributed by atoms with E-state index in [4.69, 9.17) is 10.5 Å². The zero-order valence-electron chi connectivity index (χ0n) is 12.0. The highest BCUT2D eigenvalue weighted by atomic mass is 35.5. The maximum Gasteiger partial charge on any atom is 0.251 e. The summed E-state index contributed by atoms with van der Waals surface area (Å²) in [6, 6.07) is 5.59. The number of nitrogens with two attached hydrogens (primary N) is 1. The lowest BCUT2D eigenvalue weighted by atomic mass is 10.1. The summed E-state index contributed by atoms with van der Waals surface area (Å²) in [5.74, 6) is 1.27. The van der Waals surface area contributed by atoms with Crippen LogP contribution >= 0.6 is 12.4 Å². The van der Waals surface area contributed by atoms with Crippen molar-refractivity contribution < 1.29 is 9.53 Å². The second-order valence-corrected chi connectivity index (χ2v) is 5.12. The number of hydrogen-bond acceptors (Lipinski definition) is 3. The lowest BCUT2D eigenvalue weighted by molar-refractivity contribution is 0.0950. The summed E-state index contributed by atoms with van der Waals surface area (Å²) in [6.07, 6.45) is 2.38. The molecule has 1 aromatic rings. The molecule has 1 saturated carbocycles. The zero-order chi connectivity index (χ0) is 13.8. The third kappa shape index (κ3) is 4.39. The van der Waals surface area contributed by atoms with Gasteiger partial charge >= 0.3 is 0 Å². The highest BCUT2D eigenvalue weighted by Crippen LogP contribution is 2.31. The van der Waals surface area contributed by atoms with Crippen molar-refractivity contribution in [1.82, 2.24) is 5.32 Å². The van der Waals surface area contributed by atoms with Gasteiger partial charge in [-0.3, -0.25) is 4.79 Å². The van der Waals surface area contributed by atoms with Crippen LogP contribution in [0.15, 0.2) is 18.2 Å². The maximum absolute atomic E-state index is 12.0. The Hall–Kier alpha value is -1.26. The van der Waals surface area contributed by atoms with Crippen LogP contribution in [-0.2, 0) is 0 Å². The van der Waals surface area contributed by atoms with Crippen LogP contribution in [0.25, 0.3) is 0 Å². The lowest BCUT2D eigenvalue weighted by Crippen LogP contribution is -2.38. The number of ether oxygens (including phenoxy) is 1. The van der Waals surface area contributed by atoms with E-state index in [-0.39, 0.29) is 24.4 Å². The van der Waals surface area contributed by atoms with Gasteiger partial charge in [0.25, 0.3) is 5.91 Å². The molecule has 0 spiro atoms. The molecule has 0 saturated heterocycles. The summed E-state index contributed by atoms with van der Waals surface area (Å²) in [4.78, 5) is 12.0. The van der Waals surface area contributed by atoms with E-state index in [0.29, 0.717) is 24.6 Å². The summed E-state index contributed by atoms with van der Waals surface area (Å²) >= 11 is 0. The van der Waals surface area contributed by atoms with Crippen molar-refractivity contribution >= 4 is 18.3 Å². The van der Waals surface area contributed by atoms with Crippen molar-refractivity contribution in [3.8, 4) is 5.75 Å². The van der Waals surface area contributed by atoms with Crippen molar-refractivity contribution in [2.75, 3.05) is 13.2 Å². The fourth-order valence-electron chi connectivity index (χ4n) is 2.06. The molecule has 4 nitrogen and oxygen atoms in total. The predicted octanol–water partition coefficient (Wildman–Crippen LogP) is 2.28. The number of rotatable bonds is 6. The smallest absolute Gasteiger partial charge is 0.251 e. The van der Waals surface area contributed by atoms with Gasteiger partial charge in [0.1, 0.15) is 5.75 Å². The van der Waals surface area contributed by atoms with Gasteiger partial charge in [0.15, 0.2) is 0 Å². The number of nitrogens with one attached hydrogen (secondary N) is 1. The molecule has 1 amide bonds. The minimum Gasteiger partial charge on any atom is -0.494 e. The summed E-state index contributed by atoms with van der Waals surface area (Å²) in [7, 11) is 0. The van der Waals surface area contributed by atoms with E-state index in [0.717, 1.165) is 11.3 Å². The molecule has 0 bridgehead atoms. The normalized spacial score (nSPS) is 15.2. The van der Waals surface area contributed by atoms with Crippen LogP contribution < -0.4 is 15.8 Å². The highest BCUT2D eigenvalue weighted by Gasteiger charge is 2.28. The molecule has 2 rings (SSSR count). The number of halogens is 1. The van der Waals surface area contributed by atoms with Crippen LogP contribution in [0.4, 0.5) is 0 Å². The summed E-state index contributed by atoms with van der Waals surface area (Å²) in [5, 5.41) is 2.89. The maximum atomic E-state index is 12.0. The third-order valence-electron chi connectivity index (χ3n) is 3.48. The number of carbonyl (C=O) groups excluding carboxylic acids is 1. The molecule has 0 radical (unpaired) electrons. The monoisotopic (exact) mass is 298 g/mol. The molecule has 1 atom stereocenters. The second kappa shape index (κ2) is 7.50. The Kier molecular flexibility index (Phi) is 6.30. The van der Waals surface area contributed by atoms with Gasteiger partial charge in [-0.25, -0.2) is 0 Å². The first-order chi connectivity index (χ1) is 9.11. The van der Waals surface area contributed by atoms with Crippen LogP contribution in [-0.4, -0.2) is 25.1 Å². The van der Waals surface area contributed by atoms with Crippen LogP contribution in [0.2, 0.25) is 0 Å². The largest absolute Gasteiger partial charge is 0.494 e. The van der Waals surface area contributed by atoms with Crippen LogP contribution in [0.5, 0.6) is 5.75 Å². The molecule has 20 heavy (non-hydrogen) atoms. The fourth-order valence-corrected chi connectivity index (χ4v) is 2.06. The van der Waals surface area contributed by atoms with Crippen molar-refractivity contribution in [3.63, 3.8) is 0 Å². The Balaban J connectivity index is 0.00000200. The van der Waals surface area contributed by atoms with E-state index in [1.807, 2.05) is 26.0 Å². The van der Waals surface area contributed by atoms with Gasteiger partial charge in [0.05, 0.1) is 6.61 Å². The summed E-state index contributed by atoms with van der Waals surface area (Å²) in [5.41, 5.74) is 7.63. The summed E-state index contributed by atoms with van der Waals surface area (Å²) in [6.45, 7) is 5.04. The predicted molar refractivity (Wildman–Crippen MR) is 82.6 cm³/mol. The molecule has 3 N–H and O–H groups in total. The first-order valence-electron chi connectivity index (χ1n) is 6.89. The fraction of sp³-hybridized carbons (Fsp3) is 0.533. The van der Waals surface area contributed by atoms with Crippen LogP contribution in [0.3, 0.4) is 0 Å². The first-order valence-corrected chi connectivity index (χ1v) is 6.89. The Morgan fingerprint density at radius 2 is 2.20 bits per heavy atom. The molecule has 1 fully saturated rings. The van der Waals surface area contributed by atoms with Gasteiger partial charge in [-0.05, 0) is 50.3 Å². The molecule has 1 aliphatic rings. The van der Waals surface area contributed by atoms with Gasteiger partial charge in [-0.15, -0.1) is 12.4 Å². The molecule has 1 aromatic carbocycles. The number of aryl methyl sites for hydroxylation is 1. The van der Waals surface area contributed by atoms with Crippen molar-refractivity contribution in [2.45, 2.75) is 32.7 Å². The number of benzene rings is 1. The Labute approximate surface area is 126 Å². The average Bonchev–Trinajstić information content (AvgIpc) is 3.22. The van der Waals surface area contributed by atoms with E-state index >= 15 is 0 Å². The average molecular weight is 299 g/mol. The van der Waals surface area contributed by atoms with Gasteiger partial charge in [-0.2, -0.15) is 0 Å². The zero-order valence-corrected chi connectivity index (χ0v) is 12.8. The van der Waals surface area contributed by atoms with E-state index in [9.17, 15) is 4.79 Å². The molecule has 1 unspecified atom stereocenters. The lowest BCUT2D eigenvalue weighted by Gasteiger charge is -2.13. The van der Waals surface area contributed by atoms with E-state index < -0.39 is 0 Å². The molecule has 112 valence electrons. The highest BCUT2D eigenvalue weighted by molar-refractivity contribution is 5.94. The topological polar surface area (TPSA) is 64.3 Å². The Morgan fingerprint density at radius 1 is 1.50 bits per heavy atom. The van der Waals surface area contributed by atoms with Crippen LogP contribution in [0.1, 0.15) is 35.7 Å². The molecule has 0 aliphatic heterocycles. The molecule has 1 aliphatic carbocycles.